The summed E-state index contributed by atoms with van der Waals surface area (Å²) in [6.45, 7) is 5.36. The van der Waals surface area contributed by atoms with Crippen molar-refractivity contribution in [2.45, 2.75) is 57.5 Å². The van der Waals surface area contributed by atoms with Crippen molar-refractivity contribution in [2.24, 2.45) is 0 Å². The lowest BCUT2D eigenvalue weighted by Crippen LogP contribution is -2.52. The Morgan fingerprint density at radius 2 is 1.62 bits per heavy atom. The Hall–Kier alpha value is -2.49. The van der Waals surface area contributed by atoms with Crippen molar-refractivity contribution in [1.29, 1.82) is 0 Å². The van der Waals surface area contributed by atoms with E-state index in [-0.39, 0.29) is 39.5 Å². The van der Waals surface area contributed by atoms with Gasteiger partial charge in [0.15, 0.2) is 0 Å². The minimum absolute atomic E-state index is 0.0284. The second-order valence-electron chi connectivity index (χ2n) is 9.72. The summed E-state index contributed by atoms with van der Waals surface area (Å²) in [5, 5.41) is 3.70. The number of rotatable bonds is 13. The minimum Gasteiger partial charge on any atom is -0.354 e. The number of hydrogen-bond donors (Lipinski definition) is 1. The fourth-order valence-electron chi connectivity index (χ4n) is 4.29. The largest absolute Gasteiger partial charge is 0.354 e. The number of halogens is 4. The number of nitrogens with one attached hydrogen (secondary N) is 1. The van der Waals surface area contributed by atoms with Crippen molar-refractivity contribution in [3.05, 3.63) is 91.9 Å². The highest BCUT2D eigenvalue weighted by atomic mass is 35.5. The molecule has 0 spiro atoms. The molecule has 3 aromatic rings. The smallest absolute Gasteiger partial charge is 0.264 e. The second-order valence-corrected chi connectivity index (χ2v) is 13.2. The topological polar surface area (TPSA) is 86.8 Å². The third-order valence-electron chi connectivity index (χ3n) is 6.66. The first-order valence-corrected chi connectivity index (χ1v) is 16.4. The van der Waals surface area contributed by atoms with Crippen LogP contribution in [0.3, 0.4) is 0 Å². The van der Waals surface area contributed by atoms with Gasteiger partial charge in [-0.3, -0.25) is 13.9 Å². The van der Waals surface area contributed by atoms with Crippen LogP contribution < -0.4 is 9.62 Å². The van der Waals surface area contributed by atoms with Crippen molar-refractivity contribution in [1.82, 2.24) is 10.2 Å². The van der Waals surface area contributed by atoms with E-state index in [0.717, 1.165) is 22.7 Å². The summed E-state index contributed by atoms with van der Waals surface area (Å²) in [4.78, 5) is 28.8. The van der Waals surface area contributed by atoms with Gasteiger partial charge in [0.25, 0.3) is 10.0 Å². The quantitative estimate of drug-likeness (QED) is 0.190. The number of carbonyl (C=O) groups excluding carboxylic acids is 2. The van der Waals surface area contributed by atoms with E-state index in [0.29, 0.717) is 22.2 Å². The van der Waals surface area contributed by atoms with Crippen LogP contribution in [0.5, 0.6) is 0 Å². The van der Waals surface area contributed by atoms with Crippen LogP contribution in [0.25, 0.3) is 0 Å². The Labute approximate surface area is 267 Å². The molecule has 0 aliphatic carbocycles. The SMILES string of the molecule is CCCCNC(=O)C(CC)N(Cc1ccc(Cl)cc1Cl)C(=O)CN(c1cccc(Cl)c1Cl)S(=O)(=O)c1ccc(C)cc1. The normalized spacial score (nSPS) is 12.1. The van der Waals surface area contributed by atoms with Gasteiger partial charge in [-0.25, -0.2) is 8.42 Å². The Kier molecular flexibility index (Phi) is 12.4. The van der Waals surface area contributed by atoms with Crippen LogP contribution in [-0.4, -0.2) is 44.3 Å². The number of unbranched alkanes of at least 4 members (excludes halogenated alkanes) is 1. The predicted molar refractivity (Wildman–Crippen MR) is 171 cm³/mol. The monoisotopic (exact) mass is 671 g/mol. The van der Waals surface area contributed by atoms with Gasteiger partial charge in [0.05, 0.1) is 20.6 Å². The summed E-state index contributed by atoms with van der Waals surface area (Å²) in [6.07, 6.45) is 1.93. The average Bonchev–Trinajstić information content (AvgIpc) is 2.94. The maximum atomic E-state index is 14.2. The lowest BCUT2D eigenvalue weighted by molar-refractivity contribution is -0.140. The molecule has 1 atom stereocenters. The number of aryl methyl sites for hydroxylation is 1. The highest BCUT2D eigenvalue weighted by Crippen LogP contribution is 2.36. The van der Waals surface area contributed by atoms with Crippen LogP contribution in [-0.2, 0) is 26.2 Å². The molecule has 12 heteroatoms. The standard InChI is InChI=1S/C30H33Cl4N3O4S/c1-4-6-16-35-30(39)26(5-2)36(18-21-12-13-22(31)17-25(21)33)28(38)19-37(27-9-7-8-24(32)29(27)34)42(40,41)23-14-10-20(3)11-15-23/h7-15,17,26H,4-6,16,18-19H2,1-3H3,(H,35,39). The summed E-state index contributed by atoms with van der Waals surface area (Å²) >= 11 is 25.3. The first-order valence-electron chi connectivity index (χ1n) is 13.4. The van der Waals surface area contributed by atoms with Gasteiger partial charge in [0, 0.05) is 23.1 Å². The van der Waals surface area contributed by atoms with Crippen molar-refractivity contribution in [3.63, 3.8) is 0 Å². The van der Waals surface area contributed by atoms with Gasteiger partial charge in [-0.2, -0.15) is 0 Å². The zero-order valence-electron chi connectivity index (χ0n) is 23.5. The molecule has 0 heterocycles. The van der Waals surface area contributed by atoms with E-state index in [2.05, 4.69) is 5.32 Å². The van der Waals surface area contributed by atoms with Crippen LogP contribution >= 0.6 is 46.4 Å². The first kappa shape index (κ1) is 34.0. The third-order valence-corrected chi connectivity index (χ3v) is 9.83. The second kappa shape index (κ2) is 15.3. The molecular formula is C30H33Cl4N3O4S. The molecular weight excluding hydrogens is 640 g/mol. The summed E-state index contributed by atoms with van der Waals surface area (Å²) in [5.41, 5.74) is 1.44. The van der Waals surface area contributed by atoms with E-state index in [1.807, 2.05) is 13.8 Å². The molecule has 0 saturated carbocycles. The third kappa shape index (κ3) is 8.32. The summed E-state index contributed by atoms with van der Waals surface area (Å²) in [7, 11) is -4.30. The first-order chi connectivity index (χ1) is 19.9. The van der Waals surface area contributed by atoms with Crippen molar-refractivity contribution in [3.8, 4) is 0 Å². The van der Waals surface area contributed by atoms with E-state index >= 15 is 0 Å². The molecule has 0 saturated heterocycles. The molecule has 226 valence electrons. The van der Waals surface area contributed by atoms with Crippen molar-refractivity contribution < 1.29 is 18.0 Å². The van der Waals surface area contributed by atoms with Gasteiger partial charge in [-0.1, -0.05) is 96.5 Å². The molecule has 0 aliphatic heterocycles. The van der Waals surface area contributed by atoms with Gasteiger partial charge in [0.1, 0.15) is 12.6 Å². The number of hydrogen-bond acceptors (Lipinski definition) is 4. The maximum absolute atomic E-state index is 14.2. The number of benzene rings is 3. The van der Waals surface area contributed by atoms with Crippen LogP contribution in [0.1, 0.15) is 44.2 Å². The lowest BCUT2D eigenvalue weighted by atomic mass is 10.1. The van der Waals surface area contributed by atoms with E-state index in [1.165, 1.54) is 29.2 Å². The summed E-state index contributed by atoms with van der Waals surface area (Å²) in [6, 6.07) is 14.7. The van der Waals surface area contributed by atoms with Crippen LogP contribution in [0, 0.1) is 6.92 Å². The number of nitrogens with zero attached hydrogens (tertiary/aromatic N) is 2. The number of sulfonamides is 1. The average molecular weight is 673 g/mol. The van der Waals surface area contributed by atoms with Crippen molar-refractivity contribution >= 4 is 73.9 Å². The van der Waals surface area contributed by atoms with Gasteiger partial charge < -0.3 is 10.2 Å². The molecule has 0 bridgehead atoms. The molecule has 0 aromatic heterocycles. The molecule has 3 aromatic carbocycles. The molecule has 0 radical (unpaired) electrons. The van der Waals surface area contributed by atoms with Gasteiger partial charge in [0.2, 0.25) is 11.8 Å². The van der Waals surface area contributed by atoms with Crippen LogP contribution in [0.2, 0.25) is 20.1 Å². The van der Waals surface area contributed by atoms with Gasteiger partial charge >= 0.3 is 0 Å². The molecule has 3 rings (SSSR count). The zero-order chi connectivity index (χ0) is 31.0. The molecule has 0 fully saturated rings. The summed E-state index contributed by atoms with van der Waals surface area (Å²) < 4.78 is 28.9. The minimum atomic E-state index is -4.30. The van der Waals surface area contributed by atoms with E-state index in [9.17, 15) is 18.0 Å². The number of anilines is 1. The van der Waals surface area contributed by atoms with Crippen LogP contribution in [0.4, 0.5) is 5.69 Å². The molecule has 42 heavy (non-hydrogen) atoms. The molecule has 7 nitrogen and oxygen atoms in total. The van der Waals surface area contributed by atoms with E-state index in [1.54, 1.807) is 43.3 Å². The Morgan fingerprint density at radius 3 is 2.24 bits per heavy atom. The Bertz CT molecular complexity index is 1520. The van der Waals surface area contributed by atoms with E-state index < -0.39 is 28.5 Å². The lowest BCUT2D eigenvalue weighted by Gasteiger charge is -2.33. The maximum Gasteiger partial charge on any atom is 0.264 e. The number of carbonyl (C=O) groups is 2. The van der Waals surface area contributed by atoms with Gasteiger partial charge in [-0.05, 0) is 61.7 Å². The summed E-state index contributed by atoms with van der Waals surface area (Å²) in [5.74, 6) is -0.983. The van der Waals surface area contributed by atoms with Gasteiger partial charge in [-0.15, -0.1) is 0 Å². The zero-order valence-corrected chi connectivity index (χ0v) is 27.4. The molecule has 1 unspecified atom stereocenters. The molecule has 1 N–H and O–H groups in total. The highest BCUT2D eigenvalue weighted by molar-refractivity contribution is 7.92. The fraction of sp³-hybridized carbons (Fsp3) is 0.333. The Balaban J connectivity index is 2.10. The molecule has 2 amide bonds. The predicted octanol–water partition coefficient (Wildman–Crippen LogP) is 7.53. The Morgan fingerprint density at radius 1 is 0.929 bits per heavy atom. The van der Waals surface area contributed by atoms with Crippen LogP contribution in [0.15, 0.2) is 65.6 Å². The number of amides is 2. The van der Waals surface area contributed by atoms with Crippen molar-refractivity contribution in [2.75, 3.05) is 17.4 Å². The fourth-order valence-corrected chi connectivity index (χ4v) is 6.64. The van der Waals surface area contributed by atoms with E-state index in [4.69, 9.17) is 46.4 Å². The molecule has 0 aliphatic rings. The highest BCUT2D eigenvalue weighted by Gasteiger charge is 2.35.